The van der Waals surface area contributed by atoms with Crippen molar-refractivity contribution in [1.82, 2.24) is 15.5 Å². The number of piperidine rings is 1. The van der Waals surface area contributed by atoms with Crippen LogP contribution in [-0.2, 0) is 9.57 Å². The Hall–Kier alpha value is -0.880. The van der Waals surface area contributed by atoms with E-state index in [-0.39, 0.29) is 0 Å². The summed E-state index contributed by atoms with van der Waals surface area (Å²) in [4.78, 5) is 5.46. The maximum atomic E-state index is 5.56. The molecule has 0 saturated carbocycles. The molecular weight excluding hydrogens is 242 g/mol. The number of fused-ring (bicyclic) bond motifs is 1. The van der Waals surface area contributed by atoms with Crippen LogP contribution in [0.15, 0.2) is 22.9 Å². The van der Waals surface area contributed by atoms with Gasteiger partial charge < -0.3 is 10.1 Å². The van der Waals surface area contributed by atoms with E-state index in [1.54, 1.807) is 12.7 Å². The van der Waals surface area contributed by atoms with E-state index in [4.69, 9.17) is 9.57 Å². The van der Waals surface area contributed by atoms with Crippen LogP contribution in [-0.4, -0.2) is 50.3 Å². The highest BCUT2D eigenvalue weighted by molar-refractivity contribution is 5.38. The van der Waals surface area contributed by atoms with Crippen LogP contribution in [0.25, 0.3) is 0 Å². The second-order valence-electron chi connectivity index (χ2n) is 5.28. The van der Waals surface area contributed by atoms with E-state index >= 15 is 0 Å². The average molecular weight is 265 g/mol. The molecule has 1 atom stereocenters. The number of rotatable bonds is 4. The first-order chi connectivity index (χ1) is 9.33. The lowest BCUT2D eigenvalue weighted by molar-refractivity contribution is -0.258. The first-order valence-electron chi connectivity index (χ1n) is 7.13. The maximum Gasteiger partial charge on any atom is 0.135 e. The fourth-order valence-corrected chi connectivity index (χ4v) is 3.16. The van der Waals surface area contributed by atoms with E-state index in [1.165, 1.54) is 11.3 Å². The van der Waals surface area contributed by atoms with Gasteiger partial charge in [-0.15, -0.1) is 0 Å². The van der Waals surface area contributed by atoms with Crippen LogP contribution in [0.4, 0.5) is 0 Å². The molecule has 0 aromatic carbocycles. The van der Waals surface area contributed by atoms with Gasteiger partial charge in [-0.25, -0.2) is 0 Å². The van der Waals surface area contributed by atoms with Gasteiger partial charge in [0.2, 0.25) is 0 Å². The summed E-state index contributed by atoms with van der Waals surface area (Å²) >= 11 is 0. The summed E-state index contributed by atoms with van der Waals surface area (Å²) in [7, 11) is 1.72. The summed E-state index contributed by atoms with van der Waals surface area (Å²) in [5, 5.41) is 7.51. The Balaban J connectivity index is 1.81. The molecule has 2 aliphatic heterocycles. The standard InChI is InChI=1S/C14H23N3O2/c1-3-19-10-16-14-7-11-4-5-15-8-12(11)6-13(14)9-17(16)18-2/h7,12,15H,3-6,8-10H2,1-2H3. The van der Waals surface area contributed by atoms with Gasteiger partial charge in [0.15, 0.2) is 0 Å². The molecule has 0 aromatic heterocycles. The van der Waals surface area contributed by atoms with E-state index in [1.807, 2.05) is 12.1 Å². The Bertz CT molecular complexity index is 405. The first-order valence-corrected chi connectivity index (χ1v) is 7.13. The minimum atomic E-state index is 0.565. The van der Waals surface area contributed by atoms with Crippen molar-refractivity contribution >= 4 is 0 Å². The number of nitrogens with zero attached hydrogens (tertiary/aromatic N) is 2. The zero-order valence-corrected chi connectivity index (χ0v) is 11.8. The SMILES string of the molecule is CCOCN1C2=C(CC3CNCCC3=C2)CN1OC. The molecule has 1 N–H and O–H groups in total. The molecular formula is C14H23N3O2. The largest absolute Gasteiger partial charge is 0.360 e. The highest BCUT2D eigenvalue weighted by Gasteiger charge is 2.35. The second-order valence-corrected chi connectivity index (χ2v) is 5.28. The molecule has 0 amide bonds. The normalized spacial score (nSPS) is 27.4. The number of hydroxylamine groups is 1. The van der Waals surface area contributed by atoms with Crippen LogP contribution in [0.1, 0.15) is 19.8 Å². The van der Waals surface area contributed by atoms with E-state index in [0.29, 0.717) is 12.6 Å². The molecule has 19 heavy (non-hydrogen) atoms. The van der Waals surface area contributed by atoms with Gasteiger partial charge in [0.1, 0.15) is 6.73 Å². The van der Waals surface area contributed by atoms with Crippen molar-refractivity contribution in [2.24, 2.45) is 5.92 Å². The third-order valence-electron chi connectivity index (χ3n) is 4.18. The summed E-state index contributed by atoms with van der Waals surface area (Å²) in [6, 6.07) is 0. The Morgan fingerprint density at radius 2 is 2.37 bits per heavy atom. The molecule has 2 heterocycles. The van der Waals surface area contributed by atoms with Gasteiger partial charge in [0.05, 0.1) is 19.4 Å². The molecule has 3 aliphatic rings. The van der Waals surface area contributed by atoms with E-state index in [9.17, 15) is 0 Å². The molecule has 0 radical (unpaired) electrons. The van der Waals surface area contributed by atoms with Crippen LogP contribution in [0, 0.1) is 5.92 Å². The summed E-state index contributed by atoms with van der Waals surface area (Å²) in [6.07, 6.45) is 4.68. The van der Waals surface area contributed by atoms with Gasteiger partial charge >= 0.3 is 0 Å². The van der Waals surface area contributed by atoms with E-state index in [2.05, 4.69) is 16.4 Å². The van der Waals surface area contributed by atoms with Gasteiger partial charge in [0, 0.05) is 13.2 Å². The fraction of sp³-hybridized carbons (Fsp3) is 0.714. The Labute approximate surface area is 114 Å². The minimum Gasteiger partial charge on any atom is -0.360 e. The molecule has 1 fully saturated rings. The predicted octanol–water partition coefficient (Wildman–Crippen LogP) is 1.27. The van der Waals surface area contributed by atoms with Gasteiger partial charge in [0.25, 0.3) is 0 Å². The Kier molecular flexibility index (Phi) is 3.88. The number of hydrogen-bond acceptors (Lipinski definition) is 5. The molecule has 1 unspecified atom stereocenters. The zero-order chi connectivity index (χ0) is 13.2. The number of ether oxygens (including phenoxy) is 1. The smallest absolute Gasteiger partial charge is 0.135 e. The van der Waals surface area contributed by atoms with Gasteiger partial charge in [-0.2, -0.15) is 0 Å². The maximum absolute atomic E-state index is 5.56. The topological polar surface area (TPSA) is 37.0 Å². The summed E-state index contributed by atoms with van der Waals surface area (Å²) < 4.78 is 5.56. The number of hydrazine groups is 1. The van der Waals surface area contributed by atoms with Crippen LogP contribution < -0.4 is 5.32 Å². The molecule has 106 valence electrons. The third kappa shape index (κ3) is 2.43. The Morgan fingerprint density at radius 3 is 3.16 bits per heavy atom. The van der Waals surface area contributed by atoms with Crippen molar-refractivity contribution in [3.63, 3.8) is 0 Å². The molecule has 0 spiro atoms. The number of hydrogen-bond donors (Lipinski definition) is 1. The van der Waals surface area contributed by atoms with Crippen LogP contribution >= 0.6 is 0 Å². The van der Waals surface area contributed by atoms with Crippen molar-refractivity contribution < 1.29 is 9.57 Å². The molecule has 3 rings (SSSR count). The van der Waals surface area contributed by atoms with Crippen LogP contribution in [0.5, 0.6) is 0 Å². The van der Waals surface area contributed by atoms with Gasteiger partial charge in [-0.05, 0) is 43.9 Å². The monoisotopic (exact) mass is 265 g/mol. The molecule has 1 saturated heterocycles. The van der Waals surface area contributed by atoms with Crippen LogP contribution in [0.3, 0.4) is 0 Å². The molecule has 1 aliphatic carbocycles. The summed E-state index contributed by atoms with van der Waals surface area (Å²) in [6.45, 7) is 6.38. The summed E-state index contributed by atoms with van der Waals surface area (Å²) in [5.74, 6) is 0.679. The lowest BCUT2D eigenvalue weighted by Crippen LogP contribution is -2.38. The van der Waals surface area contributed by atoms with Gasteiger partial charge in [-0.3, -0.25) is 9.85 Å². The third-order valence-corrected chi connectivity index (χ3v) is 4.18. The summed E-state index contributed by atoms with van der Waals surface area (Å²) in [5.41, 5.74) is 4.35. The fourth-order valence-electron chi connectivity index (χ4n) is 3.16. The lowest BCUT2D eigenvalue weighted by Gasteiger charge is -2.32. The molecule has 0 aromatic rings. The Morgan fingerprint density at radius 1 is 1.47 bits per heavy atom. The first kappa shape index (κ1) is 13.1. The van der Waals surface area contributed by atoms with Crippen molar-refractivity contribution in [2.75, 3.05) is 40.1 Å². The highest BCUT2D eigenvalue weighted by Crippen LogP contribution is 2.38. The van der Waals surface area contributed by atoms with Crippen LogP contribution in [0.2, 0.25) is 0 Å². The zero-order valence-electron chi connectivity index (χ0n) is 11.8. The average Bonchev–Trinajstić information content (AvgIpc) is 2.79. The van der Waals surface area contributed by atoms with E-state index < -0.39 is 0 Å². The quantitative estimate of drug-likeness (QED) is 0.828. The van der Waals surface area contributed by atoms with Crippen molar-refractivity contribution in [2.45, 2.75) is 19.8 Å². The van der Waals surface area contributed by atoms with Crippen molar-refractivity contribution in [3.05, 3.63) is 22.9 Å². The van der Waals surface area contributed by atoms with E-state index in [0.717, 1.165) is 39.1 Å². The van der Waals surface area contributed by atoms with Crippen molar-refractivity contribution in [3.8, 4) is 0 Å². The lowest BCUT2D eigenvalue weighted by atomic mass is 9.82. The molecule has 5 nitrogen and oxygen atoms in total. The minimum absolute atomic E-state index is 0.565. The number of allylic oxidation sites excluding steroid dienone is 1. The molecule has 5 heteroatoms. The highest BCUT2D eigenvalue weighted by atomic mass is 16.7. The molecule has 0 bridgehead atoms. The number of nitrogens with one attached hydrogen (secondary N) is 1. The predicted molar refractivity (Wildman–Crippen MR) is 72.7 cm³/mol. The van der Waals surface area contributed by atoms with Gasteiger partial charge in [-0.1, -0.05) is 10.7 Å². The second kappa shape index (κ2) is 5.63. The van der Waals surface area contributed by atoms with Crippen molar-refractivity contribution in [1.29, 1.82) is 0 Å².